The number of alkyl halides is 3. The molecule has 1 aromatic carbocycles. The van der Waals surface area contributed by atoms with E-state index in [9.17, 15) is 27.2 Å². The number of hydrogen-bond acceptors (Lipinski definition) is 5. The largest absolute Gasteiger partial charge is 0.466 e. The molecule has 23 heavy (non-hydrogen) atoms. The van der Waals surface area contributed by atoms with Crippen LogP contribution in [0.4, 0.5) is 23.2 Å². The Hall–Kier alpha value is -2.10. The van der Waals surface area contributed by atoms with Crippen LogP contribution < -0.4 is 5.32 Å². The molecule has 0 unspecified atom stereocenters. The first kappa shape index (κ1) is 18.9. The first-order valence-corrected chi connectivity index (χ1v) is 6.60. The van der Waals surface area contributed by atoms with Gasteiger partial charge in [0.2, 0.25) is 0 Å². The standard InChI is InChI=1S/C13H10BrF4NO4/c1-22-10(20)5-9(12(21)23-2)19-11-7(13(16,17)18)3-6(15)4-8(11)14/h3-5,19H,1-2H3/b9-5+. The van der Waals surface area contributed by atoms with Gasteiger partial charge in [0, 0.05) is 4.47 Å². The number of anilines is 1. The highest BCUT2D eigenvalue weighted by Gasteiger charge is 2.36. The third kappa shape index (κ3) is 4.95. The Morgan fingerprint density at radius 2 is 1.83 bits per heavy atom. The number of rotatable bonds is 4. The van der Waals surface area contributed by atoms with Crippen molar-refractivity contribution >= 4 is 33.6 Å². The number of hydrogen-bond donors (Lipinski definition) is 1. The van der Waals surface area contributed by atoms with Crippen LogP contribution in [0.15, 0.2) is 28.4 Å². The molecule has 10 heteroatoms. The molecular formula is C13H10BrF4NO4. The predicted octanol–water partition coefficient (Wildman–Crippen LogP) is 3.25. The lowest BCUT2D eigenvalue weighted by Crippen LogP contribution is -2.18. The lowest BCUT2D eigenvalue weighted by Gasteiger charge is -2.17. The van der Waals surface area contributed by atoms with E-state index in [-0.39, 0.29) is 10.5 Å². The van der Waals surface area contributed by atoms with E-state index in [1.807, 2.05) is 0 Å². The number of esters is 2. The monoisotopic (exact) mass is 399 g/mol. The molecule has 126 valence electrons. The van der Waals surface area contributed by atoms with E-state index in [0.717, 1.165) is 20.3 Å². The summed E-state index contributed by atoms with van der Waals surface area (Å²) >= 11 is 2.78. The Morgan fingerprint density at radius 1 is 1.22 bits per heavy atom. The van der Waals surface area contributed by atoms with Gasteiger partial charge in [0.05, 0.1) is 31.5 Å². The molecule has 0 fully saturated rings. The minimum atomic E-state index is -4.90. The Kier molecular flexibility index (Phi) is 6.13. The van der Waals surface area contributed by atoms with Gasteiger partial charge in [-0.1, -0.05) is 0 Å². The van der Waals surface area contributed by atoms with Crippen molar-refractivity contribution in [3.8, 4) is 0 Å². The van der Waals surface area contributed by atoms with E-state index in [4.69, 9.17) is 0 Å². The lowest BCUT2D eigenvalue weighted by atomic mass is 10.1. The zero-order chi connectivity index (χ0) is 17.8. The van der Waals surface area contributed by atoms with Crippen LogP contribution in [0.3, 0.4) is 0 Å². The summed E-state index contributed by atoms with van der Waals surface area (Å²) in [7, 11) is 1.99. The predicted molar refractivity (Wildman–Crippen MR) is 74.8 cm³/mol. The first-order valence-electron chi connectivity index (χ1n) is 5.81. The molecular weight excluding hydrogens is 390 g/mol. The molecule has 0 spiro atoms. The zero-order valence-corrected chi connectivity index (χ0v) is 13.3. The number of carbonyl (C=O) groups is 2. The lowest BCUT2D eigenvalue weighted by molar-refractivity contribution is -0.138. The van der Waals surface area contributed by atoms with E-state index in [1.165, 1.54) is 0 Å². The summed E-state index contributed by atoms with van der Waals surface area (Å²) in [4.78, 5) is 22.8. The molecule has 0 bridgehead atoms. The summed E-state index contributed by atoms with van der Waals surface area (Å²) in [5, 5.41) is 2.12. The maximum Gasteiger partial charge on any atom is 0.418 e. The number of ether oxygens (including phenoxy) is 2. The van der Waals surface area contributed by atoms with Gasteiger partial charge >= 0.3 is 18.1 Å². The van der Waals surface area contributed by atoms with Gasteiger partial charge in [-0.25, -0.2) is 14.0 Å². The van der Waals surface area contributed by atoms with Crippen molar-refractivity contribution in [1.82, 2.24) is 0 Å². The molecule has 0 aliphatic carbocycles. The molecule has 1 N–H and O–H groups in total. The van der Waals surface area contributed by atoms with Crippen LogP contribution in [-0.4, -0.2) is 26.2 Å². The van der Waals surface area contributed by atoms with Crippen LogP contribution >= 0.6 is 15.9 Å². The second kappa shape index (κ2) is 7.44. The Bertz CT molecular complexity index is 658. The first-order chi connectivity index (χ1) is 10.6. The van der Waals surface area contributed by atoms with Crippen molar-refractivity contribution in [2.24, 2.45) is 0 Å². The zero-order valence-electron chi connectivity index (χ0n) is 11.8. The number of carbonyl (C=O) groups excluding carboxylic acids is 2. The number of nitrogens with one attached hydrogen (secondary N) is 1. The van der Waals surface area contributed by atoms with Gasteiger partial charge in [-0.15, -0.1) is 0 Å². The highest BCUT2D eigenvalue weighted by atomic mass is 79.9. The minimum Gasteiger partial charge on any atom is -0.466 e. The topological polar surface area (TPSA) is 64.6 Å². The fraction of sp³-hybridized carbons (Fsp3) is 0.231. The van der Waals surface area contributed by atoms with Crippen LogP contribution in [0, 0.1) is 5.82 Å². The van der Waals surface area contributed by atoms with Crippen LogP contribution in [0.25, 0.3) is 0 Å². The van der Waals surface area contributed by atoms with Crippen molar-refractivity contribution in [2.75, 3.05) is 19.5 Å². The van der Waals surface area contributed by atoms with Crippen LogP contribution in [0.2, 0.25) is 0 Å². The van der Waals surface area contributed by atoms with E-state index in [2.05, 4.69) is 30.7 Å². The third-order valence-corrected chi connectivity index (χ3v) is 3.11. The van der Waals surface area contributed by atoms with E-state index >= 15 is 0 Å². The Balaban J connectivity index is 3.42. The Morgan fingerprint density at radius 3 is 2.30 bits per heavy atom. The summed E-state index contributed by atoms with van der Waals surface area (Å²) in [5.74, 6) is -3.24. The van der Waals surface area contributed by atoms with Crippen LogP contribution in [0.5, 0.6) is 0 Å². The third-order valence-electron chi connectivity index (χ3n) is 2.49. The highest BCUT2D eigenvalue weighted by molar-refractivity contribution is 9.10. The molecule has 0 saturated heterocycles. The summed E-state index contributed by atoms with van der Waals surface area (Å²) in [6, 6.07) is 1.02. The van der Waals surface area contributed by atoms with Gasteiger partial charge in [-0.2, -0.15) is 13.2 Å². The van der Waals surface area contributed by atoms with Gasteiger partial charge in [0.15, 0.2) is 0 Å². The summed E-state index contributed by atoms with van der Waals surface area (Å²) in [5.41, 5.74) is -2.64. The second-order valence-corrected chi connectivity index (χ2v) is 4.86. The van der Waals surface area contributed by atoms with Crippen molar-refractivity contribution in [3.63, 3.8) is 0 Å². The smallest absolute Gasteiger partial charge is 0.418 e. The molecule has 0 heterocycles. The van der Waals surface area contributed by atoms with Crippen molar-refractivity contribution in [1.29, 1.82) is 0 Å². The molecule has 0 aliphatic heterocycles. The quantitative estimate of drug-likeness (QED) is 0.478. The SMILES string of the molecule is COC(=O)/C=C(/Nc1c(Br)cc(F)cc1C(F)(F)F)C(=O)OC. The van der Waals surface area contributed by atoms with Gasteiger partial charge < -0.3 is 14.8 Å². The molecule has 0 saturated carbocycles. The van der Waals surface area contributed by atoms with E-state index in [1.54, 1.807) is 0 Å². The molecule has 0 atom stereocenters. The van der Waals surface area contributed by atoms with Crippen LogP contribution in [-0.2, 0) is 25.2 Å². The van der Waals surface area contributed by atoms with Crippen molar-refractivity contribution < 1.29 is 36.6 Å². The second-order valence-electron chi connectivity index (χ2n) is 4.01. The van der Waals surface area contributed by atoms with E-state index in [0.29, 0.717) is 6.08 Å². The minimum absolute atomic E-state index is 0.250. The Labute approximate surface area is 136 Å². The fourth-order valence-corrected chi connectivity index (χ4v) is 2.02. The average Bonchev–Trinajstić information content (AvgIpc) is 2.46. The molecule has 0 radical (unpaired) electrons. The summed E-state index contributed by atoms with van der Waals surface area (Å²) in [6.07, 6.45) is -4.29. The molecule has 0 aromatic heterocycles. The van der Waals surface area contributed by atoms with Gasteiger partial charge in [-0.3, -0.25) is 0 Å². The number of halogens is 5. The summed E-state index contributed by atoms with van der Waals surface area (Å²) in [6.45, 7) is 0. The summed E-state index contributed by atoms with van der Waals surface area (Å²) < 4.78 is 60.6. The van der Waals surface area contributed by atoms with Crippen molar-refractivity contribution in [2.45, 2.75) is 6.18 Å². The van der Waals surface area contributed by atoms with E-state index < -0.39 is 40.9 Å². The number of methoxy groups -OCH3 is 2. The fourth-order valence-electron chi connectivity index (χ4n) is 1.49. The van der Waals surface area contributed by atoms with Gasteiger partial charge in [0.1, 0.15) is 11.5 Å². The number of benzene rings is 1. The molecule has 1 aromatic rings. The maximum absolute atomic E-state index is 13.2. The van der Waals surface area contributed by atoms with Gasteiger partial charge in [0.25, 0.3) is 0 Å². The van der Waals surface area contributed by atoms with Gasteiger partial charge in [-0.05, 0) is 28.1 Å². The highest BCUT2D eigenvalue weighted by Crippen LogP contribution is 2.40. The molecule has 1 rings (SSSR count). The maximum atomic E-state index is 13.2. The molecule has 0 amide bonds. The normalized spacial score (nSPS) is 11.9. The molecule has 0 aliphatic rings. The van der Waals surface area contributed by atoms with Crippen LogP contribution in [0.1, 0.15) is 5.56 Å². The molecule has 5 nitrogen and oxygen atoms in total. The van der Waals surface area contributed by atoms with Crippen molar-refractivity contribution in [3.05, 3.63) is 39.8 Å². The average molecular weight is 400 g/mol.